The van der Waals surface area contributed by atoms with Crippen molar-refractivity contribution in [3.63, 3.8) is 0 Å². The maximum atomic E-state index is 12.5. The quantitative estimate of drug-likeness (QED) is 0.0329. The second-order valence-corrected chi connectivity index (χ2v) is 33.6. The highest BCUT2D eigenvalue weighted by molar-refractivity contribution is 6.05. The highest BCUT2D eigenvalue weighted by Gasteiger charge is 2.53. The number of anilines is 3. The number of benzene rings is 3. The monoisotopic (exact) mass is 1610 g/mol. The summed E-state index contributed by atoms with van der Waals surface area (Å²) in [6, 6.07) is 26.3. The molecule has 9 fully saturated rings. The van der Waals surface area contributed by atoms with Crippen molar-refractivity contribution in [2.45, 2.75) is 186 Å². The van der Waals surface area contributed by atoms with Crippen molar-refractivity contribution < 1.29 is 38.6 Å². The zero-order valence-electron chi connectivity index (χ0n) is 64.7. The summed E-state index contributed by atoms with van der Waals surface area (Å²) in [5.74, 6) is 0.284. The number of carbonyl (C=O) groups excluding carboxylic acids is 5. The first-order valence-corrected chi connectivity index (χ1v) is 39.0. The minimum absolute atomic E-state index is 0. The number of carboxylic acids is 1. The molecule has 9 aliphatic rings. The smallest absolute Gasteiger partial charge is 0.410 e. The molecule has 0 radical (unpaired) electrons. The number of primary amides is 3. The van der Waals surface area contributed by atoms with Gasteiger partial charge < -0.3 is 59.4 Å². The third-order valence-electron chi connectivity index (χ3n) is 23.9. The lowest BCUT2D eigenvalue weighted by atomic mass is 9.65. The first-order chi connectivity index (χ1) is 53.6. The van der Waals surface area contributed by atoms with Gasteiger partial charge in [0.15, 0.2) is 0 Å². The van der Waals surface area contributed by atoms with Gasteiger partial charge in [-0.15, -0.1) is 24.8 Å². The largest absolute Gasteiger partial charge is 0.478 e. The molecule has 6 saturated carbocycles. The normalized spacial score (nSPS) is 22.1. The van der Waals surface area contributed by atoms with Crippen LogP contribution in [0.15, 0.2) is 135 Å². The van der Waals surface area contributed by atoms with Crippen LogP contribution in [0.3, 0.4) is 0 Å². The summed E-state index contributed by atoms with van der Waals surface area (Å²) in [4.78, 5) is 74.5. The van der Waals surface area contributed by atoms with Crippen molar-refractivity contribution in [1.82, 2.24) is 73.8 Å². The molecule has 3 aromatic carbocycles. The topological polar surface area (TPSA) is 413 Å². The zero-order valence-corrected chi connectivity index (χ0v) is 66.4. The van der Waals surface area contributed by atoms with E-state index in [-0.39, 0.29) is 90.1 Å². The van der Waals surface area contributed by atoms with Gasteiger partial charge in [0.05, 0.1) is 56.4 Å². The summed E-state index contributed by atoms with van der Waals surface area (Å²) in [6.07, 6.45) is 28.9. The predicted molar refractivity (Wildman–Crippen MR) is 444 cm³/mol. The van der Waals surface area contributed by atoms with Crippen molar-refractivity contribution in [2.24, 2.45) is 33.4 Å². The van der Waals surface area contributed by atoms with Gasteiger partial charge in [-0.1, -0.05) is 93.4 Å². The number of nitrogen functional groups attached to an aromatic ring is 3. The number of carboxylic acid groups (broad SMARTS) is 1. The molecule has 18 rings (SSSR count). The average Bonchev–Trinajstić information content (AvgIpc) is 1.60. The van der Waals surface area contributed by atoms with Crippen molar-refractivity contribution in [2.75, 3.05) is 56.5 Å². The third-order valence-corrected chi connectivity index (χ3v) is 23.9. The molecule has 14 N–H and O–H groups in total. The fourth-order valence-electron chi connectivity index (χ4n) is 17.7. The molecule has 3 aliphatic heterocycles. The molecule has 0 bridgehead atoms. The highest BCUT2D eigenvalue weighted by Crippen LogP contribution is 2.57. The maximum Gasteiger partial charge on any atom is 0.410 e. The Hall–Kier alpha value is -11.0. The van der Waals surface area contributed by atoms with Crippen LogP contribution in [0.25, 0.3) is 33.8 Å². The number of aliphatic carboxylic acids is 1. The molecule has 0 atom stereocenters. The molecule has 31 heteroatoms. The molecule has 29 nitrogen and oxygen atoms in total. The van der Waals surface area contributed by atoms with Crippen LogP contribution in [-0.4, -0.2) is 154 Å². The molecule has 5 amide bonds. The van der Waals surface area contributed by atoms with Crippen LogP contribution < -0.4 is 39.7 Å². The number of halogens is 2. The lowest BCUT2D eigenvalue weighted by Crippen LogP contribution is -2.43. The summed E-state index contributed by atoms with van der Waals surface area (Å²) in [5.41, 5.74) is 48.6. The van der Waals surface area contributed by atoms with Gasteiger partial charge in [-0.2, -0.15) is 30.6 Å². The number of hydrogen-bond acceptors (Lipinski definition) is 17. The van der Waals surface area contributed by atoms with Crippen LogP contribution in [0.2, 0.25) is 0 Å². The first kappa shape index (κ1) is 83.4. The van der Waals surface area contributed by atoms with E-state index >= 15 is 0 Å². The second-order valence-electron chi connectivity index (χ2n) is 33.6. The van der Waals surface area contributed by atoms with Crippen LogP contribution in [0, 0.1) is 16.2 Å². The SMILES string of the molecule is C.C=CC(=O)N1CCC2(CC(n3nc(-c4cnn(Cc5cccc(C6CC6)c5)c4)c(C(N)=O)c3N)C2)C1.C=CC(=O)O.CC(C)(C)OC(=O)N1CCC2(CC(n3nc(-c4cnn(Cc5cccc(C6CC6)c5)c4)c(C(N)=O)c3N)C2)C1.Cl.Cl.NC(=O)c1c(-c2cnn(Cc3cccc(C4CC4)c3)c2)nn(C2CC3(CCNC3)C2)c1N. The molecule has 115 heavy (non-hydrogen) atoms. The summed E-state index contributed by atoms with van der Waals surface area (Å²) >= 11 is 0. The van der Waals surface area contributed by atoms with E-state index in [4.69, 9.17) is 59.5 Å². The van der Waals surface area contributed by atoms with Gasteiger partial charge in [0, 0.05) is 74.1 Å². The van der Waals surface area contributed by atoms with Crippen molar-refractivity contribution in [1.29, 1.82) is 0 Å². The third kappa shape index (κ3) is 18.1. The van der Waals surface area contributed by atoms with Crippen LogP contribution in [0.5, 0.6) is 0 Å². The van der Waals surface area contributed by atoms with Crippen LogP contribution >= 0.6 is 24.8 Å². The lowest BCUT2D eigenvalue weighted by Gasteiger charge is -2.45. The fraction of sp³-hybridized carbons (Fsp3) is 0.452. The maximum absolute atomic E-state index is 12.5. The number of nitrogens with two attached hydrogens (primary N) is 6. The molecule has 3 saturated heterocycles. The molecule has 9 aromatic rings. The molecular weight excluding hydrogens is 1500 g/mol. The van der Waals surface area contributed by atoms with E-state index < -0.39 is 29.3 Å². The zero-order chi connectivity index (χ0) is 78.7. The summed E-state index contributed by atoms with van der Waals surface area (Å²) in [6.45, 7) is 19.0. The molecule has 610 valence electrons. The van der Waals surface area contributed by atoms with Gasteiger partial charge in [-0.05, 0) is 197 Å². The van der Waals surface area contributed by atoms with E-state index in [2.05, 4.69) is 107 Å². The van der Waals surface area contributed by atoms with Crippen LogP contribution in [0.4, 0.5) is 22.2 Å². The van der Waals surface area contributed by atoms with Gasteiger partial charge in [-0.3, -0.25) is 33.2 Å². The van der Waals surface area contributed by atoms with E-state index in [9.17, 15) is 28.8 Å². The average molecular weight is 1610 g/mol. The lowest BCUT2D eigenvalue weighted by molar-refractivity contribution is -0.131. The van der Waals surface area contributed by atoms with Crippen LogP contribution in [0.1, 0.15) is 225 Å². The number of nitrogens with one attached hydrogen (secondary N) is 1. The molecule has 0 unspecified atom stereocenters. The Bertz CT molecular complexity index is 5120. The number of hydrogen-bond donors (Lipinski definition) is 8. The Morgan fingerprint density at radius 2 is 0.870 bits per heavy atom. The minimum atomic E-state index is -0.981. The number of likely N-dealkylation sites (tertiary alicyclic amines) is 2. The number of carbonyl (C=O) groups is 6. The number of ether oxygens (including phenoxy) is 1. The standard InChI is InChI=1S/C29H37N7O3.C27H31N7O2.C24H29N7O.C3H4O2.CH4.2ClH/c1-28(2,3)39-27(38)34-10-9-29(17-34)12-22(13-29)36-25(30)23(26(31)37)24(33-36)21-14-32-35(16-21)15-18-5-4-6-20(11-18)19-7-8-19;1-2-22(35)32-9-8-27(16-32)11-21(12-27)34-25(28)23(26(29)36)24(31-34)20-13-30-33(15-20)14-17-4-3-5-19(10-17)18-6-7-18;25-22-20(23(26)32)21(29-31(22)19-9-24(10-19)6-7-27-14-24)18-11-28-30(13-18)12-15-2-1-3-17(8-15)16-4-5-16;1-2-3(4)5;;;/h4-6,11,14,16,19,22H,7-10,12-13,15,17,30H2,1-3H3,(H2,31,37);2-5,10,13,15,18,21H,1,6-9,11-12,14,16,28H2,(H2,29,36);1-3,8,11,13,16,19,27H,4-7,9-10,12,14,25H2,(H2,26,32);2H,1H2,(H,4,5);1H4;2*1H. The molecule has 6 aromatic heterocycles. The van der Waals surface area contributed by atoms with Gasteiger partial charge in [-0.25, -0.2) is 23.6 Å². The Labute approximate surface area is 681 Å². The first-order valence-electron chi connectivity index (χ1n) is 39.0. The number of rotatable bonds is 20. The Kier molecular flexibility index (Phi) is 24.2. The summed E-state index contributed by atoms with van der Waals surface area (Å²) < 4.78 is 16.4. The van der Waals surface area contributed by atoms with Gasteiger partial charge in [0.2, 0.25) is 5.91 Å². The van der Waals surface area contributed by atoms with E-state index in [0.717, 1.165) is 95.1 Å². The molecule has 9 heterocycles. The fourth-order valence-corrected chi connectivity index (χ4v) is 17.7. The second kappa shape index (κ2) is 33.4. The van der Waals surface area contributed by atoms with Gasteiger partial charge in [0.25, 0.3) is 17.7 Å². The van der Waals surface area contributed by atoms with Gasteiger partial charge >= 0.3 is 12.1 Å². The van der Waals surface area contributed by atoms with E-state index in [1.54, 1.807) is 32.9 Å². The summed E-state index contributed by atoms with van der Waals surface area (Å²) in [5, 5.41) is 38.9. The molecule has 3 spiro atoms. The van der Waals surface area contributed by atoms with E-state index in [1.807, 2.05) is 63.0 Å². The molecule has 6 aliphatic carbocycles. The molecular formula is C84H107Cl2N21O8. The minimum Gasteiger partial charge on any atom is -0.478 e. The van der Waals surface area contributed by atoms with Crippen molar-refractivity contribution in [3.8, 4) is 33.8 Å². The number of nitrogens with zero attached hydrogens (tertiary/aromatic N) is 14. The van der Waals surface area contributed by atoms with E-state index in [0.29, 0.717) is 95.4 Å². The van der Waals surface area contributed by atoms with Crippen molar-refractivity contribution >= 4 is 78.0 Å². The number of amides is 5. The Morgan fingerprint density at radius 3 is 1.17 bits per heavy atom. The van der Waals surface area contributed by atoms with E-state index in [1.165, 1.54) is 84.4 Å². The predicted octanol–water partition coefficient (Wildman–Crippen LogP) is 11.8. The number of aromatic nitrogens is 12. The Balaban J connectivity index is 0.000000153. The van der Waals surface area contributed by atoms with Gasteiger partial charge in [0.1, 0.15) is 56.8 Å². The highest BCUT2D eigenvalue weighted by atomic mass is 35.5. The van der Waals surface area contributed by atoms with Crippen LogP contribution in [-0.2, 0) is 34.0 Å². The Morgan fingerprint density at radius 1 is 0.530 bits per heavy atom. The summed E-state index contributed by atoms with van der Waals surface area (Å²) in [7, 11) is 0. The van der Waals surface area contributed by atoms with Crippen molar-refractivity contribution in [3.05, 3.63) is 185 Å².